The van der Waals surface area contributed by atoms with E-state index in [1.54, 1.807) is 0 Å². The van der Waals surface area contributed by atoms with Crippen molar-refractivity contribution in [2.75, 3.05) is 0 Å². The van der Waals surface area contributed by atoms with Crippen molar-refractivity contribution in [3.63, 3.8) is 0 Å². The average Bonchev–Trinajstić information content (AvgIpc) is 2.40. The van der Waals surface area contributed by atoms with Gasteiger partial charge in [0.1, 0.15) is 0 Å². The van der Waals surface area contributed by atoms with Crippen LogP contribution in [0.1, 0.15) is 37.3 Å². The van der Waals surface area contributed by atoms with Gasteiger partial charge in [-0.2, -0.15) is 0 Å². The summed E-state index contributed by atoms with van der Waals surface area (Å²) in [5, 5.41) is 8.90. The van der Waals surface area contributed by atoms with E-state index >= 15 is 0 Å². The summed E-state index contributed by atoms with van der Waals surface area (Å²) in [6.45, 7) is 5.30. The van der Waals surface area contributed by atoms with E-state index < -0.39 is 0 Å². The van der Waals surface area contributed by atoms with Gasteiger partial charge in [0.15, 0.2) is 0 Å². The molecular formula is C15H19BNO+. The molecule has 92 valence electrons. The molecule has 1 heterocycles. The molecule has 0 amide bonds. The summed E-state index contributed by atoms with van der Waals surface area (Å²) >= 11 is 0. The maximum absolute atomic E-state index is 8.90. The summed E-state index contributed by atoms with van der Waals surface area (Å²) in [4.78, 5) is 0. The van der Waals surface area contributed by atoms with Gasteiger partial charge in [-0.15, -0.1) is 0 Å². The van der Waals surface area contributed by atoms with Crippen molar-refractivity contribution in [3.05, 3.63) is 47.7 Å². The number of nitrogens with zero attached hydrogens (tertiary/aromatic N) is 1. The number of allylic oxidation sites excluding steroid dienone is 1. The van der Waals surface area contributed by atoms with E-state index in [0.29, 0.717) is 5.92 Å². The molecule has 0 saturated heterocycles. The molecule has 0 radical (unpaired) electrons. The van der Waals surface area contributed by atoms with E-state index in [0.717, 1.165) is 18.4 Å². The van der Waals surface area contributed by atoms with Gasteiger partial charge in [-0.25, -0.2) is 0 Å². The van der Waals surface area contributed by atoms with E-state index in [2.05, 4.69) is 48.9 Å². The Kier molecular flexibility index (Phi) is 4.13. The molecule has 1 aliphatic heterocycles. The maximum atomic E-state index is 8.90. The van der Waals surface area contributed by atoms with Crippen LogP contribution in [0, 0.1) is 0 Å². The van der Waals surface area contributed by atoms with Gasteiger partial charge in [0.05, 0.1) is 0 Å². The molecule has 2 rings (SSSR count). The zero-order chi connectivity index (χ0) is 13.0. The average molecular weight is 240 g/mol. The Balaban J connectivity index is 2.03. The Labute approximate surface area is 109 Å². The van der Waals surface area contributed by atoms with Crippen molar-refractivity contribution in [1.82, 2.24) is 0 Å². The van der Waals surface area contributed by atoms with Gasteiger partial charge in [0.2, 0.25) is 0 Å². The SMILES string of the molecule is CC(C)c1ccc(C[N+]2=CCC(=BO)C=C2)cc1. The second kappa shape index (κ2) is 5.81. The van der Waals surface area contributed by atoms with E-state index in [-0.39, 0.29) is 0 Å². The Morgan fingerprint density at radius 2 is 2.00 bits per heavy atom. The third kappa shape index (κ3) is 3.19. The third-order valence-corrected chi connectivity index (χ3v) is 3.22. The van der Waals surface area contributed by atoms with Crippen LogP contribution in [0.5, 0.6) is 0 Å². The fourth-order valence-electron chi connectivity index (χ4n) is 1.97. The summed E-state index contributed by atoms with van der Waals surface area (Å²) in [5.74, 6) is 0.581. The van der Waals surface area contributed by atoms with Crippen molar-refractivity contribution in [1.29, 1.82) is 0 Å². The van der Waals surface area contributed by atoms with E-state index in [1.165, 1.54) is 18.3 Å². The molecule has 0 unspecified atom stereocenters. The molecule has 0 atom stereocenters. The molecule has 1 aromatic carbocycles. The first-order chi connectivity index (χ1) is 8.69. The van der Waals surface area contributed by atoms with Gasteiger partial charge < -0.3 is 0 Å². The topological polar surface area (TPSA) is 23.2 Å². The van der Waals surface area contributed by atoms with Crippen molar-refractivity contribution in [3.8, 4) is 0 Å². The number of hydrogen-bond acceptors (Lipinski definition) is 1. The van der Waals surface area contributed by atoms with Gasteiger partial charge in [-0.05, 0) is 0 Å². The molecule has 0 spiro atoms. The predicted octanol–water partition coefficient (Wildman–Crippen LogP) is 2.09. The number of rotatable bonds is 3. The minimum absolute atomic E-state index is 0.581. The second-order valence-electron chi connectivity index (χ2n) is 4.98. The summed E-state index contributed by atoms with van der Waals surface area (Å²) in [7, 11) is 1.17. The fraction of sp³-hybridized carbons (Fsp3) is 0.333. The van der Waals surface area contributed by atoms with Crippen LogP contribution >= 0.6 is 0 Å². The first kappa shape index (κ1) is 12.8. The Morgan fingerprint density at radius 3 is 2.50 bits per heavy atom. The summed E-state index contributed by atoms with van der Waals surface area (Å²) in [6.07, 6.45) is 6.83. The van der Waals surface area contributed by atoms with Crippen molar-refractivity contribution in [2.24, 2.45) is 0 Å². The molecule has 18 heavy (non-hydrogen) atoms. The molecular weight excluding hydrogens is 221 g/mol. The van der Waals surface area contributed by atoms with Gasteiger partial charge in [-0.3, -0.25) is 0 Å². The monoisotopic (exact) mass is 240 g/mol. The van der Waals surface area contributed by atoms with Crippen LogP contribution in [-0.4, -0.2) is 28.4 Å². The Bertz CT molecular complexity index is 498. The molecule has 3 heteroatoms. The predicted molar refractivity (Wildman–Crippen MR) is 77.3 cm³/mol. The van der Waals surface area contributed by atoms with Crippen LogP contribution in [-0.2, 0) is 6.54 Å². The third-order valence-electron chi connectivity index (χ3n) is 3.22. The second-order valence-corrected chi connectivity index (χ2v) is 4.98. The first-order valence-corrected chi connectivity index (χ1v) is 6.38. The van der Waals surface area contributed by atoms with Crippen molar-refractivity contribution >= 4 is 18.8 Å². The molecule has 1 aromatic rings. The van der Waals surface area contributed by atoms with E-state index in [1.807, 2.05) is 12.3 Å². The summed E-state index contributed by atoms with van der Waals surface area (Å²) in [5.41, 5.74) is 3.63. The van der Waals surface area contributed by atoms with Gasteiger partial charge in [-0.1, -0.05) is 0 Å². The minimum atomic E-state index is 0.581. The number of benzene rings is 1. The molecule has 1 N–H and O–H groups in total. The standard InChI is InChI=1S/C15H19BNO/c1-12(2)14-5-3-13(4-6-14)11-17-9-7-15(16-18)8-10-17/h3-7,9-10,12,18H,8,11H2,1-2H3/q+1. The molecule has 0 fully saturated rings. The molecule has 0 saturated carbocycles. The molecule has 0 aliphatic carbocycles. The van der Waals surface area contributed by atoms with Crippen LogP contribution in [0.3, 0.4) is 0 Å². The van der Waals surface area contributed by atoms with Crippen LogP contribution in [0.15, 0.2) is 36.5 Å². The van der Waals surface area contributed by atoms with Crippen molar-refractivity contribution in [2.45, 2.75) is 32.7 Å². The van der Waals surface area contributed by atoms with Crippen molar-refractivity contribution < 1.29 is 9.60 Å². The Hall–Kier alpha value is -1.64. The zero-order valence-corrected chi connectivity index (χ0v) is 11.0. The van der Waals surface area contributed by atoms with Crippen LogP contribution in [0.2, 0.25) is 0 Å². The van der Waals surface area contributed by atoms with E-state index in [4.69, 9.17) is 5.02 Å². The normalized spacial score (nSPS) is 16.8. The first-order valence-electron chi connectivity index (χ1n) is 6.38. The Morgan fingerprint density at radius 1 is 1.28 bits per heavy atom. The fourth-order valence-corrected chi connectivity index (χ4v) is 1.97. The van der Waals surface area contributed by atoms with Gasteiger partial charge >= 0.3 is 109 Å². The van der Waals surface area contributed by atoms with Gasteiger partial charge in [0.25, 0.3) is 0 Å². The van der Waals surface area contributed by atoms with Crippen LogP contribution in [0.25, 0.3) is 0 Å². The van der Waals surface area contributed by atoms with Crippen LogP contribution < -0.4 is 0 Å². The number of hydrogen-bond donors (Lipinski definition) is 1. The molecule has 0 aromatic heterocycles. The molecule has 1 aliphatic rings. The van der Waals surface area contributed by atoms with Crippen LogP contribution in [0.4, 0.5) is 0 Å². The van der Waals surface area contributed by atoms with Gasteiger partial charge in [0, 0.05) is 0 Å². The molecule has 0 bridgehead atoms. The van der Waals surface area contributed by atoms with E-state index in [9.17, 15) is 0 Å². The summed E-state index contributed by atoms with van der Waals surface area (Å²) < 4.78 is 2.15. The molecule has 2 nitrogen and oxygen atoms in total. The quantitative estimate of drug-likeness (QED) is 0.634. The summed E-state index contributed by atoms with van der Waals surface area (Å²) in [6, 6.07) is 8.78. The zero-order valence-electron chi connectivity index (χ0n) is 11.0.